The molecule has 17 heavy (non-hydrogen) atoms. The highest BCUT2D eigenvalue weighted by Crippen LogP contribution is 2.41. The van der Waals surface area contributed by atoms with Crippen LogP contribution >= 0.6 is 0 Å². The van der Waals surface area contributed by atoms with Gasteiger partial charge in [-0.05, 0) is 24.7 Å². The number of ether oxygens (including phenoxy) is 2. The number of hydrogen-bond donors (Lipinski definition) is 1. The van der Waals surface area contributed by atoms with Gasteiger partial charge in [0, 0.05) is 0 Å². The summed E-state index contributed by atoms with van der Waals surface area (Å²) in [6.07, 6.45) is -3.69. The van der Waals surface area contributed by atoms with Crippen molar-refractivity contribution >= 4 is 10.0 Å². The van der Waals surface area contributed by atoms with Crippen LogP contribution in [0.2, 0.25) is 0 Å². The van der Waals surface area contributed by atoms with E-state index < -0.39 is 16.3 Å². The van der Waals surface area contributed by atoms with Crippen molar-refractivity contribution < 1.29 is 26.7 Å². The second-order valence-corrected chi connectivity index (χ2v) is 5.34. The Hall–Kier alpha value is -1.41. The highest BCUT2D eigenvalue weighted by molar-refractivity contribution is 7.88. The fraction of sp³-hybridized carbons (Fsp3) is 0.333. The van der Waals surface area contributed by atoms with Crippen molar-refractivity contribution in [3.63, 3.8) is 0 Å². The highest BCUT2D eigenvalue weighted by atomic mass is 32.2. The number of alkyl halides is 2. The van der Waals surface area contributed by atoms with Crippen molar-refractivity contribution in [3.8, 4) is 11.5 Å². The van der Waals surface area contributed by atoms with Crippen LogP contribution in [0.1, 0.15) is 5.56 Å². The molecule has 0 spiro atoms. The first-order chi connectivity index (χ1) is 7.81. The fourth-order valence-corrected chi connectivity index (χ4v) is 2.14. The Kier molecular flexibility index (Phi) is 2.70. The van der Waals surface area contributed by atoms with Gasteiger partial charge in [0.2, 0.25) is 10.0 Å². The topological polar surface area (TPSA) is 64.6 Å². The van der Waals surface area contributed by atoms with Gasteiger partial charge in [-0.1, -0.05) is 6.07 Å². The lowest BCUT2D eigenvalue weighted by molar-refractivity contribution is -0.286. The van der Waals surface area contributed by atoms with Gasteiger partial charge in [0.25, 0.3) is 0 Å². The van der Waals surface area contributed by atoms with Crippen LogP contribution in [0.3, 0.4) is 0 Å². The number of hydrogen-bond acceptors (Lipinski definition) is 4. The minimum absolute atomic E-state index is 0.111. The van der Waals surface area contributed by atoms with Crippen molar-refractivity contribution in [2.45, 2.75) is 12.0 Å². The molecule has 0 atom stereocenters. The van der Waals surface area contributed by atoms with Crippen molar-refractivity contribution in [1.82, 2.24) is 4.72 Å². The third kappa shape index (κ3) is 2.64. The zero-order chi connectivity index (χ0) is 12.7. The van der Waals surface area contributed by atoms with Crippen molar-refractivity contribution in [2.24, 2.45) is 0 Å². The first kappa shape index (κ1) is 12.1. The van der Waals surface area contributed by atoms with Crippen LogP contribution in [0, 0.1) is 0 Å². The zero-order valence-corrected chi connectivity index (χ0v) is 9.55. The van der Waals surface area contributed by atoms with Crippen molar-refractivity contribution in [3.05, 3.63) is 23.8 Å². The maximum absolute atomic E-state index is 12.7. The van der Waals surface area contributed by atoms with E-state index in [4.69, 9.17) is 0 Å². The minimum Gasteiger partial charge on any atom is -0.395 e. The molecule has 5 nitrogen and oxygen atoms in total. The molecule has 0 aromatic heterocycles. The van der Waals surface area contributed by atoms with Crippen molar-refractivity contribution in [1.29, 1.82) is 0 Å². The van der Waals surface area contributed by atoms with Gasteiger partial charge in [0.15, 0.2) is 11.5 Å². The van der Waals surface area contributed by atoms with Crippen LogP contribution < -0.4 is 14.2 Å². The van der Waals surface area contributed by atoms with Gasteiger partial charge in [-0.15, -0.1) is 8.78 Å². The van der Waals surface area contributed by atoms with Crippen LogP contribution in [-0.4, -0.2) is 21.8 Å². The molecule has 0 saturated carbocycles. The molecule has 0 unspecified atom stereocenters. The Morgan fingerprint density at radius 1 is 1.29 bits per heavy atom. The Bertz CT molecular complexity index is 544. The molecule has 0 amide bonds. The Labute approximate surface area is 96.4 Å². The largest absolute Gasteiger partial charge is 0.586 e. The number of nitrogens with one attached hydrogen (secondary N) is 1. The molecule has 1 N–H and O–H groups in total. The molecule has 1 heterocycles. The lowest BCUT2D eigenvalue weighted by atomic mass is 10.2. The van der Waals surface area contributed by atoms with Crippen LogP contribution in [-0.2, 0) is 15.8 Å². The molecule has 2 rings (SSSR count). The first-order valence-electron chi connectivity index (χ1n) is 4.61. The summed E-state index contributed by atoms with van der Waals surface area (Å²) in [5.74, 6) is -0.592. The van der Waals surface area contributed by atoms with Gasteiger partial charge >= 0.3 is 6.29 Å². The van der Waals surface area contributed by atoms with Gasteiger partial charge < -0.3 is 9.47 Å². The molecule has 0 aliphatic carbocycles. The average molecular weight is 265 g/mol. The van der Waals surface area contributed by atoms with E-state index in [0.717, 1.165) is 0 Å². The monoisotopic (exact) mass is 265 g/mol. The molecular formula is C9H9F2NO4S. The molecule has 8 heteroatoms. The summed E-state index contributed by atoms with van der Waals surface area (Å²) < 4.78 is 58.4. The maximum atomic E-state index is 12.7. The van der Waals surface area contributed by atoms with Crippen LogP contribution in [0.4, 0.5) is 8.78 Å². The molecule has 1 aromatic carbocycles. The standard InChI is InChI=1S/C9H9F2NO4S/c1-12-17(13,14)5-6-2-3-7-8(4-6)16-9(10,11)15-7/h2-4,12H,5H2,1H3. The zero-order valence-electron chi connectivity index (χ0n) is 8.74. The molecule has 0 fully saturated rings. The third-order valence-electron chi connectivity index (χ3n) is 2.13. The van der Waals surface area contributed by atoms with Crippen LogP contribution in [0.15, 0.2) is 18.2 Å². The smallest absolute Gasteiger partial charge is 0.395 e. The molecule has 0 radical (unpaired) electrons. The number of fused-ring (bicyclic) bond motifs is 1. The van der Waals surface area contributed by atoms with E-state index in [0.29, 0.717) is 5.56 Å². The molecule has 1 aliphatic heterocycles. The van der Waals surface area contributed by atoms with Gasteiger partial charge in [0.05, 0.1) is 5.75 Å². The third-order valence-corrected chi connectivity index (χ3v) is 3.47. The van der Waals surface area contributed by atoms with E-state index >= 15 is 0 Å². The Morgan fingerprint density at radius 2 is 1.94 bits per heavy atom. The van der Waals surface area contributed by atoms with Crippen molar-refractivity contribution in [2.75, 3.05) is 7.05 Å². The van der Waals surface area contributed by atoms with Gasteiger partial charge in [0.1, 0.15) is 0 Å². The second kappa shape index (κ2) is 3.81. The van der Waals surface area contributed by atoms with E-state index in [1.807, 2.05) is 0 Å². The maximum Gasteiger partial charge on any atom is 0.586 e. The number of benzene rings is 1. The lowest BCUT2D eigenvalue weighted by Crippen LogP contribution is -2.25. The average Bonchev–Trinajstić information content (AvgIpc) is 2.50. The predicted molar refractivity (Wildman–Crippen MR) is 54.3 cm³/mol. The molecule has 0 saturated heterocycles. The summed E-state index contributed by atoms with van der Waals surface area (Å²) in [7, 11) is -2.18. The molecular weight excluding hydrogens is 256 g/mol. The fourth-order valence-electron chi connectivity index (χ4n) is 1.37. The summed E-state index contributed by atoms with van der Waals surface area (Å²) >= 11 is 0. The van der Waals surface area contributed by atoms with E-state index in [9.17, 15) is 17.2 Å². The number of halogens is 2. The lowest BCUT2D eigenvalue weighted by Gasteiger charge is -2.04. The minimum atomic E-state index is -3.69. The summed E-state index contributed by atoms with van der Waals surface area (Å²) in [5, 5.41) is 0. The van der Waals surface area contributed by atoms with E-state index in [2.05, 4.69) is 14.2 Å². The quantitative estimate of drug-likeness (QED) is 0.887. The normalized spacial score (nSPS) is 17.1. The van der Waals surface area contributed by atoms with Crippen LogP contribution in [0.25, 0.3) is 0 Å². The van der Waals surface area contributed by atoms with Crippen LogP contribution in [0.5, 0.6) is 11.5 Å². The van der Waals surface area contributed by atoms with E-state index in [1.54, 1.807) is 0 Å². The molecule has 0 bridgehead atoms. The number of rotatable bonds is 3. The summed E-state index contributed by atoms with van der Waals surface area (Å²) in [4.78, 5) is 0. The second-order valence-electron chi connectivity index (χ2n) is 3.41. The summed E-state index contributed by atoms with van der Waals surface area (Å²) in [6, 6.07) is 3.85. The van der Waals surface area contributed by atoms with Gasteiger partial charge in [-0.3, -0.25) is 0 Å². The van der Waals surface area contributed by atoms with E-state index in [1.165, 1.54) is 25.2 Å². The summed E-state index contributed by atoms with van der Waals surface area (Å²) in [5.41, 5.74) is 0.333. The summed E-state index contributed by atoms with van der Waals surface area (Å²) in [6.45, 7) is 0. The molecule has 1 aromatic rings. The van der Waals surface area contributed by atoms with E-state index in [-0.39, 0.29) is 17.3 Å². The SMILES string of the molecule is CNS(=O)(=O)Cc1ccc2c(c1)OC(F)(F)O2. The molecule has 1 aliphatic rings. The predicted octanol–water partition coefficient (Wildman–Crippen LogP) is 1.06. The Balaban J connectivity index is 2.26. The molecule has 94 valence electrons. The van der Waals surface area contributed by atoms with Gasteiger partial charge in [-0.25, -0.2) is 13.1 Å². The number of sulfonamides is 1. The first-order valence-corrected chi connectivity index (χ1v) is 6.26. The Morgan fingerprint density at radius 3 is 2.59 bits per heavy atom. The highest BCUT2D eigenvalue weighted by Gasteiger charge is 2.43. The van der Waals surface area contributed by atoms with Gasteiger partial charge in [-0.2, -0.15) is 0 Å².